The minimum absolute atomic E-state index is 0.195. The molecule has 112 valence electrons. The number of carboxylic acids is 1. The van der Waals surface area contributed by atoms with E-state index in [2.05, 4.69) is 11.4 Å². The maximum Gasteiger partial charge on any atom is 0.306 e. The van der Waals surface area contributed by atoms with Crippen LogP contribution in [0.25, 0.3) is 0 Å². The Morgan fingerprint density at radius 2 is 2.14 bits per heavy atom. The quantitative estimate of drug-likeness (QED) is 0.868. The molecule has 21 heavy (non-hydrogen) atoms. The number of rotatable bonds is 5. The lowest BCUT2D eigenvalue weighted by Gasteiger charge is -2.27. The first kappa shape index (κ1) is 15.3. The predicted molar refractivity (Wildman–Crippen MR) is 77.9 cm³/mol. The second-order valence-corrected chi connectivity index (χ2v) is 5.41. The summed E-state index contributed by atoms with van der Waals surface area (Å²) in [6, 6.07) is 7.82. The predicted octanol–water partition coefficient (Wildman–Crippen LogP) is 2.30. The van der Waals surface area contributed by atoms with Gasteiger partial charge in [-0.1, -0.05) is 0 Å². The topological polar surface area (TPSA) is 82.3 Å². The molecule has 0 aromatic heterocycles. The molecule has 0 spiro atoms. The van der Waals surface area contributed by atoms with Crippen LogP contribution in [0.5, 0.6) is 5.75 Å². The van der Waals surface area contributed by atoms with E-state index in [9.17, 15) is 4.79 Å². The molecule has 1 fully saturated rings. The zero-order chi connectivity index (χ0) is 15.2. The third kappa shape index (κ3) is 3.96. The summed E-state index contributed by atoms with van der Waals surface area (Å²) in [6.07, 6.45) is 3.19. The smallest absolute Gasteiger partial charge is 0.306 e. The van der Waals surface area contributed by atoms with Crippen LogP contribution in [0, 0.1) is 17.2 Å². The average Bonchev–Trinajstić information content (AvgIpc) is 2.52. The molecule has 0 radical (unpaired) electrons. The van der Waals surface area contributed by atoms with Crippen molar-refractivity contribution < 1.29 is 14.6 Å². The molecule has 5 heteroatoms. The van der Waals surface area contributed by atoms with E-state index in [1.807, 2.05) is 6.07 Å². The van der Waals surface area contributed by atoms with Crippen LogP contribution in [0.1, 0.15) is 36.8 Å². The van der Waals surface area contributed by atoms with Crippen molar-refractivity contribution in [3.63, 3.8) is 0 Å². The van der Waals surface area contributed by atoms with E-state index in [1.54, 1.807) is 19.2 Å². The molecule has 0 heterocycles. The van der Waals surface area contributed by atoms with Gasteiger partial charge in [-0.15, -0.1) is 0 Å². The van der Waals surface area contributed by atoms with Crippen molar-refractivity contribution in [2.75, 3.05) is 7.11 Å². The van der Waals surface area contributed by atoms with Crippen molar-refractivity contribution in [1.29, 1.82) is 5.26 Å². The zero-order valence-electron chi connectivity index (χ0n) is 12.1. The summed E-state index contributed by atoms with van der Waals surface area (Å²) in [4.78, 5) is 10.9. The number of hydrogen-bond donors (Lipinski definition) is 2. The number of aliphatic carboxylic acids is 1. The first-order valence-electron chi connectivity index (χ1n) is 7.17. The number of nitriles is 1. The van der Waals surface area contributed by atoms with Crippen molar-refractivity contribution in [1.82, 2.24) is 5.32 Å². The molecule has 1 saturated carbocycles. The van der Waals surface area contributed by atoms with Crippen LogP contribution in [0.4, 0.5) is 0 Å². The van der Waals surface area contributed by atoms with Crippen LogP contribution in [0.2, 0.25) is 0 Å². The van der Waals surface area contributed by atoms with Gasteiger partial charge in [0.25, 0.3) is 0 Å². The Labute approximate surface area is 124 Å². The lowest BCUT2D eigenvalue weighted by molar-refractivity contribution is -0.142. The molecule has 2 N–H and O–H groups in total. The number of carboxylic acid groups (broad SMARTS) is 1. The van der Waals surface area contributed by atoms with Gasteiger partial charge in [-0.25, -0.2) is 0 Å². The normalized spacial score (nSPS) is 21.5. The number of hydrogen-bond acceptors (Lipinski definition) is 4. The Bertz CT molecular complexity index is 543. The van der Waals surface area contributed by atoms with Gasteiger partial charge in [-0.3, -0.25) is 4.79 Å². The number of carbonyl (C=O) groups is 1. The Hall–Kier alpha value is -2.06. The van der Waals surface area contributed by atoms with Crippen molar-refractivity contribution >= 4 is 5.97 Å². The van der Waals surface area contributed by atoms with Gasteiger partial charge in [-0.2, -0.15) is 5.26 Å². The molecule has 1 aromatic carbocycles. The Morgan fingerprint density at radius 3 is 2.71 bits per heavy atom. The molecule has 0 atom stereocenters. The average molecular weight is 288 g/mol. The van der Waals surface area contributed by atoms with Gasteiger partial charge < -0.3 is 15.2 Å². The highest BCUT2D eigenvalue weighted by Crippen LogP contribution is 2.25. The molecule has 0 unspecified atom stereocenters. The molecular weight excluding hydrogens is 268 g/mol. The molecule has 0 aliphatic heterocycles. The van der Waals surface area contributed by atoms with Gasteiger partial charge in [0, 0.05) is 18.2 Å². The fourth-order valence-electron chi connectivity index (χ4n) is 2.79. The highest BCUT2D eigenvalue weighted by atomic mass is 16.5. The van der Waals surface area contributed by atoms with E-state index >= 15 is 0 Å². The van der Waals surface area contributed by atoms with Gasteiger partial charge in [0.15, 0.2) is 0 Å². The van der Waals surface area contributed by atoms with Crippen molar-refractivity contribution in [3.05, 3.63) is 29.3 Å². The molecular formula is C16H20N2O3. The summed E-state index contributed by atoms with van der Waals surface area (Å²) < 4.78 is 5.31. The third-order valence-corrected chi connectivity index (χ3v) is 4.07. The summed E-state index contributed by atoms with van der Waals surface area (Å²) in [5, 5.41) is 21.4. The molecule has 2 rings (SSSR count). The van der Waals surface area contributed by atoms with E-state index in [-0.39, 0.29) is 5.92 Å². The van der Waals surface area contributed by atoms with Gasteiger partial charge >= 0.3 is 5.97 Å². The third-order valence-electron chi connectivity index (χ3n) is 4.07. The minimum atomic E-state index is -0.683. The summed E-state index contributed by atoms with van der Waals surface area (Å²) in [5.74, 6) is -0.114. The maximum atomic E-state index is 10.9. The van der Waals surface area contributed by atoms with Crippen LogP contribution in [-0.2, 0) is 11.3 Å². The van der Waals surface area contributed by atoms with E-state index in [1.165, 1.54) is 0 Å². The maximum absolute atomic E-state index is 10.9. The van der Waals surface area contributed by atoms with Gasteiger partial charge in [0.2, 0.25) is 0 Å². The molecule has 1 aromatic rings. The molecule has 0 saturated heterocycles. The van der Waals surface area contributed by atoms with Crippen molar-refractivity contribution in [2.24, 2.45) is 5.92 Å². The van der Waals surface area contributed by atoms with E-state index in [4.69, 9.17) is 15.1 Å². The lowest BCUT2D eigenvalue weighted by atomic mass is 9.86. The largest absolute Gasteiger partial charge is 0.496 e. The summed E-state index contributed by atoms with van der Waals surface area (Å²) in [7, 11) is 1.61. The highest BCUT2D eigenvalue weighted by Gasteiger charge is 2.25. The second-order valence-electron chi connectivity index (χ2n) is 5.41. The van der Waals surface area contributed by atoms with E-state index < -0.39 is 5.97 Å². The Balaban J connectivity index is 1.92. The van der Waals surface area contributed by atoms with Crippen LogP contribution in [0.3, 0.4) is 0 Å². The highest BCUT2D eigenvalue weighted by molar-refractivity contribution is 5.70. The molecule has 0 bridgehead atoms. The standard InChI is InChI=1S/C16H20N2O3/c1-21-15-7-2-11(9-17)8-13(15)10-18-14-5-3-12(4-6-14)16(19)20/h2,7-8,12,14,18H,3-6,10H2,1H3,(H,19,20). The fourth-order valence-corrected chi connectivity index (χ4v) is 2.79. The first-order valence-corrected chi connectivity index (χ1v) is 7.17. The van der Waals surface area contributed by atoms with Crippen LogP contribution < -0.4 is 10.1 Å². The molecule has 0 amide bonds. The number of nitrogens with one attached hydrogen (secondary N) is 1. The number of benzene rings is 1. The molecule has 5 nitrogen and oxygen atoms in total. The Morgan fingerprint density at radius 1 is 1.43 bits per heavy atom. The van der Waals surface area contributed by atoms with E-state index in [0.29, 0.717) is 18.2 Å². The molecule has 1 aliphatic rings. The molecule has 1 aliphatic carbocycles. The monoisotopic (exact) mass is 288 g/mol. The number of nitrogens with zero attached hydrogens (tertiary/aromatic N) is 1. The second kappa shape index (κ2) is 7.09. The van der Waals surface area contributed by atoms with Gasteiger partial charge in [-0.05, 0) is 43.9 Å². The number of methoxy groups -OCH3 is 1. The minimum Gasteiger partial charge on any atom is -0.496 e. The van der Waals surface area contributed by atoms with Crippen molar-refractivity contribution in [3.8, 4) is 11.8 Å². The van der Waals surface area contributed by atoms with Crippen LogP contribution >= 0.6 is 0 Å². The number of ether oxygens (including phenoxy) is 1. The van der Waals surface area contributed by atoms with Crippen LogP contribution in [0.15, 0.2) is 18.2 Å². The SMILES string of the molecule is COc1ccc(C#N)cc1CNC1CCC(C(=O)O)CC1. The first-order chi connectivity index (χ1) is 10.1. The van der Waals surface area contributed by atoms with Gasteiger partial charge in [0.1, 0.15) is 5.75 Å². The lowest BCUT2D eigenvalue weighted by Crippen LogP contribution is -2.34. The summed E-state index contributed by atoms with van der Waals surface area (Å²) in [6.45, 7) is 0.626. The summed E-state index contributed by atoms with van der Waals surface area (Å²) in [5.41, 5.74) is 1.57. The van der Waals surface area contributed by atoms with Crippen molar-refractivity contribution in [2.45, 2.75) is 38.3 Å². The van der Waals surface area contributed by atoms with Gasteiger partial charge in [0.05, 0.1) is 24.7 Å². The zero-order valence-corrected chi connectivity index (χ0v) is 12.1. The van der Waals surface area contributed by atoms with Crippen LogP contribution in [-0.4, -0.2) is 24.2 Å². The Kier molecular flexibility index (Phi) is 5.18. The summed E-state index contributed by atoms with van der Waals surface area (Å²) >= 11 is 0. The fraction of sp³-hybridized carbons (Fsp3) is 0.500. The van der Waals surface area contributed by atoms with E-state index in [0.717, 1.165) is 37.0 Å².